The Labute approximate surface area is 193 Å². The highest BCUT2D eigenvalue weighted by atomic mass is 35.5. The minimum atomic E-state index is -0.209. The summed E-state index contributed by atoms with van der Waals surface area (Å²) in [5.41, 5.74) is 1.32. The molecule has 5 rings (SSSR count). The molecule has 4 aromatic rings. The Balaban J connectivity index is 1.49. The first-order chi connectivity index (χ1) is 15.6. The molecule has 3 heterocycles. The maximum Gasteiger partial charge on any atom is 0.262 e. The second kappa shape index (κ2) is 9.05. The van der Waals surface area contributed by atoms with Crippen molar-refractivity contribution in [3.05, 3.63) is 69.8 Å². The van der Waals surface area contributed by atoms with Crippen molar-refractivity contribution in [3.8, 4) is 11.5 Å². The van der Waals surface area contributed by atoms with Crippen molar-refractivity contribution in [2.75, 3.05) is 6.61 Å². The van der Waals surface area contributed by atoms with Crippen molar-refractivity contribution in [2.45, 2.75) is 42.8 Å². The third kappa shape index (κ3) is 4.30. The van der Waals surface area contributed by atoms with Gasteiger partial charge in [-0.1, -0.05) is 41.6 Å². The first kappa shape index (κ1) is 21.2. The van der Waals surface area contributed by atoms with Crippen LogP contribution in [-0.4, -0.2) is 32.5 Å². The molecule has 0 bridgehead atoms. The zero-order chi connectivity index (χ0) is 22.1. The lowest BCUT2D eigenvalue weighted by Gasteiger charge is -2.17. The predicted molar refractivity (Wildman–Crippen MR) is 124 cm³/mol. The first-order valence-electron chi connectivity index (χ1n) is 10.5. The largest absolute Gasteiger partial charge is 0.419 e. The fourth-order valence-corrected chi connectivity index (χ4v) is 4.84. The Morgan fingerprint density at radius 2 is 2.06 bits per heavy atom. The van der Waals surface area contributed by atoms with Crippen LogP contribution in [0.1, 0.15) is 30.9 Å². The van der Waals surface area contributed by atoms with Crippen molar-refractivity contribution >= 4 is 34.3 Å². The smallest absolute Gasteiger partial charge is 0.262 e. The number of aromatic nitrogens is 4. The molecule has 0 saturated carbocycles. The van der Waals surface area contributed by atoms with E-state index in [0.717, 1.165) is 25.0 Å². The molecule has 7 nitrogen and oxygen atoms in total. The van der Waals surface area contributed by atoms with Crippen molar-refractivity contribution in [1.29, 1.82) is 0 Å². The lowest BCUT2D eigenvalue weighted by atomic mass is 10.2. The minimum Gasteiger partial charge on any atom is -0.419 e. The fourth-order valence-electron chi connectivity index (χ4n) is 3.72. The van der Waals surface area contributed by atoms with Gasteiger partial charge < -0.3 is 9.15 Å². The van der Waals surface area contributed by atoms with Gasteiger partial charge in [0.2, 0.25) is 11.8 Å². The number of nitrogens with zero attached hydrogens (tertiary/aromatic N) is 4. The molecule has 1 aliphatic heterocycles. The first-order valence-corrected chi connectivity index (χ1v) is 11.7. The van der Waals surface area contributed by atoms with Gasteiger partial charge in [0.05, 0.1) is 28.8 Å². The van der Waals surface area contributed by atoms with Crippen LogP contribution in [0.5, 0.6) is 0 Å². The van der Waals surface area contributed by atoms with E-state index in [0.29, 0.717) is 39.4 Å². The number of benzene rings is 2. The average molecular weight is 469 g/mol. The number of ether oxygens (including phenoxy) is 1. The fraction of sp³-hybridized carbons (Fsp3) is 0.304. The molecule has 2 aromatic heterocycles. The summed E-state index contributed by atoms with van der Waals surface area (Å²) >= 11 is 7.56. The lowest BCUT2D eigenvalue weighted by molar-refractivity contribution is 0.0937. The molecular weight excluding hydrogens is 448 g/mol. The van der Waals surface area contributed by atoms with Crippen LogP contribution >= 0.6 is 23.4 Å². The molecule has 2 atom stereocenters. The second-order valence-corrected chi connectivity index (χ2v) is 9.42. The van der Waals surface area contributed by atoms with Crippen LogP contribution in [0.4, 0.5) is 0 Å². The molecule has 0 aliphatic carbocycles. The van der Waals surface area contributed by atoms with Crippen LogP contribution in [0.3, 0.4) is 0 Å². The van der Waals surface area contributed by atoms with Crippen LogP contribution in [0.2, 0.25) is 5.02 Å². The highest BCUT2D eigenvalue weighted by molar-refractivity contribution is 7.99. The zero-order valence-electron chi connectivity index (χ0n) is 17.4. The summed E-state index contributed by atoms with van der Waals surface area (Å²) in [5, 5.41) is 9.84. The van der Waals surface area contributed by atoms with Gasteiger partial charge in [0.15, 0.2) is 5.16 Å². The van der Waals surface area contributed by atoms with Crippen molar-refractivity contribution in [2.24, 2.45) is 0 Å². The van der Waals surface area contributed by atoms with Crippen molar-refractivity contribution in [1.82, 2.24) is 19.7 Å². The van der Waals surface area contributed by atoms with Gasteiger partial charge in [-0.2, -0.15) is 0 Å². The van der Waals surface area contributed by atoms with E-state index in [2.05, 4.69) is 10.2 Å². The van der Waals surface area contributed by atoms with Crippen molar-refractivity contribution in [3.63, 3.8) is 0 Å². The van der Waals surface area contributed by atoms with Crippen LogP contribution in [0.25, 0.3) is 22.4 Å². The van der Waals surface area contributed by atoms with E-state index in [1.54, 1.807) is 22.8 Å². The summed E-state index contributed by atoms with van der Waals surface area (Å²) in [6, 6.07) is 14.8. The Bertz CT molecular complexity index is 1300. The highest BCUT2D eigenvalue weighted by Crippen LogP contribution is 2.35. The lowest BCUT2D eigenvalue weighted by Crippen LogP contribution is -2.29. The third-order valence-corrected chi connectivity index (χ3v) is 6.70. The van der Waals surface area contributed by atoms with Crippen molar-refractivity contribution < 1.29 is 9.15 Å². The Morgan fingerprint density at radius 1 is 1.22 bits per heavy atom. The highest BCUT2D eigenvalue weighted by Gasteiger charge is 2.23. The molecule has 1 aliphatic rings. The molecule has 0 radical (unpaired) electrons. The Kier molecular flexibility index (Phi) is 5.99. The second-order valence-electron chi connectivity index (χ2n) is 7.68. The van der Waals surface area contributed by atoms with E-state index in [1.807, 2.05) is 37.3 Å². The molecule has 0 amide bonds. The molecule has 164 valence electrons. The number of thioether (sulfide) groups is 1. The third-order valence-electron chi connectivity index (χ3n) is 5.38. The monoisotopic (exact) mass is 468 g/mol. The molecular formula is C23H21ClN4O3S. The summed E-state index contributed by atoms with van der Waals surface area (Å²) in [6.45, 7) is 3.13. The number of fused-ring (bicyclic) bond motifs is 1. The Morgan fingerprint density at radius 3 is 2.84 bits per heavy atom. The number of halogens is 1. The van der Waals surface area contributed by atoms with Gasteiger partial charge in [0.1, 0.15) is 0 Å². The summed E-state index contributed by atoms with van der Waals surface area (Å²) in [7, 11) is 0. The molecule has 1 saturated heterocycles. The summed E-state index contributed by atoms with van der Waals surface area (Å²) < 4.78 is 13.4. The maximum atomic E-state index is 13.3. The molecule has 9 heteroatoms. The van der Waals surface area contributed by atoms with Gasteiger partial charge in [-0.3, -0.25) is 9.36 Å². The predicted octanol–water partition coefficient (Wildman–Crippen LogP) is 5.13. The van der Waals surface area contributed by atoms with Gasteiger partial charge in [0, 0.05) is 17.2 Å². The Hall–Kier alpha value is -2.68. The van der Waals surface area contributed by atoms with Gasteiger partial charge in [-0.15, -0.1) is 10.2 Å². The number of hydrogen-bond acceptors (Lipinski definition) is 7. The van der Waals surface area contributed by atoms with E-state index >= 15 is 0 Å². The average Bonchev–Trinajstić information content (AvgIpc) is 3.49. The number of rotatable bonds is 6. The summed E-state index contributed by atoms with van der Waals surface area (Å²) in [6.07, 6.45) is 1.93. The zero-order valence-corrected chi connectivity index (χ0v) is 19.0. The van der Waals surface area contributed by atoms with E-state index < -0.39 is 0 Å². The molecule has 0 spiro atoms. The van der Waals surface area contributed by atoms with E-state index in [-0.39, 0.29) is 16.9 Å². The SMILES string of the molecule is C[C@H](Sc1nc2cc(Cl)ccc2c(=O)n1C[C@@H]1CCCO1)c1nnc(-c2ccccc2)o1. The van der Waals surface area contributed by atoms with Gasteiger partial charge in [0.25, 0.3) is 5.56 Å². The molecule has 1 fully saturated rings. The molecule has 0 unspecified atom stereocenters. The molecule has 2 aromatic carbocycles. The van der Waals surface area contributed by atoms with Gasteiger partial charge in [-0.25, -0.2) is 4.98 Å². The van der Waals surface area contributed by atoms with E-state index in [1.165, 1.54) is 11.8 Å². The number of hydrogen-bond donors (Lipinski definition) is 0. The topological polar surface area (TPSA) is 83.0 Å². The van der Waals surface area contributed by atoms with Crippen LogP contribution in [-0.2, 0) is 11.3 Å². The molecule has 0 N–H and O–H groups in total. The quantitative estimate of drug-likeness (QED) is 0.286. The molecule has 32 heavy (non-hydrogen) atoms. The van der Waals surface area contributed by atoms with Gasteiger partial charge in [-0.05, 0) is 50.1 Å². The minimum absolute atomic E-state index is 0.00185. The normalized spacial score (nSPS) is 17.1. The van der Waals surface area contributed by atoms with E-state index in [9.17, 15) is 4.79 Å². The standard InChI is InChI=1S/C23H21ClN4O3S/c1-14(20-26-27-21(31-20)15-6-3-2-4-7-15)32-23-25-19-12-16(24)9-10-18(19)22(29)28(23)13-17-8-5-11-30-17/h2-4,6-7,9-10,12,14,17H,5,8,11,13H2,1H3/t14-,17-/m0/s1. The summed E-state index contributed by atoms with van der Waals surface area (Å²) in [4.78, 5) is 18.1. The van der Waals surface area contributed by atoms with Gasteiger partial charge >= 0.3 is 0 Å². The van der Waals surface area contributed by atoms with Crippen LogP contribution < -0.4 is 5.56 Å². The van der Waals surface area contributed by atoms with Crippen LogP contribution in [0, 0.1) is 0 Å². The summed E-state index contributed by atoms with van der Waals surface area (Å²) in [5.74, 6) is 0.931. The van der Waals surface area contributed by atoms with Crippen LogP contribution in [0.15, 0.2) is 62.9 Å². The maximum absolute atomic E-state index is 13.3. The van der Waals surface area contributed by atoms with E-state index in [4.69, 9.17) is 25.7 Å².